The molecule has 7 heteroatoms. The van der Waals surface area contributed by atoms with E-state index in [1.54, 1.807) is 13.0 Å². The third-order valence-electron chi connectivity index (χ3n) is 3.30. The molecule has 2 aromatic rings. The third kappa shape index (κ3) is 3.53. The number of anilines is 1. The molecule has 1 aromatic carbocycles. The Labute approximate surface area is 139 Å². The summed E-state index contributed by atoms with van der Waals surface area (Å²) in [5.74, 6) is -0.432. The second-order valence-corrected chi connectivity index (χ2v) is 5.60. The summed E-state index contributed by atoms with van der Waals surface area (Å²) in [7, 11) is 0. The maximum atomic E-state index is 12.1. The number of hydrogen-bond donors (Lipinski definition) is 2. The van der Waals surface area contributed by atoms with Crippen molar-refractivity contribution in [3.63, 3.8) is 0 Å². The number of hydrogen-bond acceptors (Lipinski definition) is 4. The summed E-state index contributed by atoms with van der Waals surface area (Å²) in [6.45, 7) is 7.38. The van der Waals surface area contributed by atoms with Crippen molar-refractivity contribution in [1.29, 1.82) is 0 Å². The lowest BCUT2D eigenvalue weighted by Crippen LogP contribution is -2.24. The van der Waals surface area contributed by atoms with Crippen LogP contribution in [0.4, 0.5) is 5.69 Å². The second-order valence-electron chi connectivity index (χ2n) is 5.19. The van der Waals surface area contributed by atoms with Gasteiger partial charge in [0.2, 0.25) is 5.91 Å². The standard InChI is InChI=1S/C16H18ClN3O3/c1-5-18-16(22)14-13(19-10(4)21)15(23-20-14)11-7-12(17)9(3)6-8(11)2/h6-7H,5H2,1-4H3,(H,18,22)(H,19,21). The van der Waals surface area contributed by atoms with E-state index in [9.17, 15) is 9.59 Å². The first-order chi connectivity index (χ1) is 10.8. The first-order valence-electron chi connectivity index (χ1n) is 7.17. The van der Waals surface area contributed by atoms with Gasteiger partial charge in [0.1, 0.15) is 5.69 Å². The number of aryl methyl sites for hydroxylation is 2. The molecule has 0 fully saturated rings. The van der Waals surface area contributed by atoms with Crippen LogP contribution < -0.4 is 10.6 Å². The van der Waals surface area contributed by atoms with E-state index in [0.29, 0.717) is 22.9 Å². The molecule has 2 N–H and O–H groups in total. The number of carbonyl (C=O) groups is 2. The fourth-order valence-electron chi connectivity index (χ4n) is 2.24. The van der Waals surface area contributed by atoms with Crippen LogP contribution in [-0.4, -0.2) is 23.5 Å². The van der Waals surface area contributed by atoms with Gasteiger partial charge in [-0.2, -0.15) is 0 Å². The molecule has 122 valence electrons. The Bertz CT molecular complexity index is 768. The molecule has 0 radical (unpaired) electrons. The normalized spacial score (nSPS) is 10.5. The van der Waals surface area contributed by atoms with E-state index in [2.05, 4.69) is 15.8 Å². The average molecular weight is 336 g/mol. The summed E-state index contributed by atoms with van der Waals surface area (Å²) in [6.07, 6.45) is 0. The van der Waals surface area contributed by atoms with Gasteiger partial charge in [0.15, 0.2) is 11.5 Å². The summed E-state index contributed by atoms with van der Waals surface area (Å²) >= 11 is 6.18. The summed E-state index contributed by atoms with van der Waals surface area (Å²) < 4.78 is 5.34. The van der Waals surface area contributed by atoms with E-state index in [-0.39, 0.29) is 17.3 Å². The molecule has 1 aromatic heterocycles. The van der Waals surface area contributed by atoms with Crippen LogP contribution >= 0.6 is 11.6 Å². The van der Waals surface area contributed by atoms with Crippen molar-refractivity contribution in [1.82, 2.24) is 10.5 Å². The lowest BCUT2D eigenvalue weighted by molar-refractivity contribution is -0.114. The van der Waals surface area contributed by atoms with Crippen LogP contribution in [0.1, 0.15) is 35.5 Å². The molecule has 1 heterocycles. The number of amides is 2. The van der Waals surface area contributed by atoms with Gasteiger partial charge in [-0.25, -0.2) is 0 Å². The zero-order valence-electron chi connectivity index (χ0n) is 13.4. The molecule has 0 spiro atoms. The van der Waals surface area contributed by atoms with E-state index in [0.717, 1.165) is 11.1 Å². The van der Waals surface area contributed by atoms with Crippen LogP contribution in [-0.2, 0) is 4.79 Å². The molecule has 0 atom stereocenters. The number of benzene rings is 1. The van der Waals surface area contributed by atoms with Crippen molar-refractivity contribution < 1.29 is 14.1 Å². The van der Waals surface area contributed by atoms with E-state index in [1.807, 2.05) is 19.9 Å². The molecule has 0 aliphatic carbocycles. The highest BCUT2D eigenvalue weighted by molar-refractivity contribution is 6.31. The average Bonchev–Trinajstić information content (AvgIpc) is 2.86. The van der Waals surface area contributed by atoms with Crippen molar-refractivity contribution in [2.24, 2.45) is 0 Å². The number of aromatic nitrogens is 1. The van der Waals surface area contributed by atoms with Crippen molar-refractivity contribution in [3.8, 4) is 11.3 Å². The largest absolute Gasteiger partial charge is 0.353 e. The Morgan fingerprint density at radius 1 is 1.26 bits per heavy atom. The van der Waals surface area contributed by atoms with Crippen LogP contribution in [0.3, 0.4) is 0 Å². The molecule has 23 heavy (non-hydrogen) atoms. The van der Waals surface area contributed by atoms with E-state index >= 15 is 0 Å². The van der Waals surface area contributed by atoms with Gasteiger partial charge in [-0.3, -0.25) is 9.59 Å². The lowest BCUT2D eigenvalue weighted by Gasteiger charge is -2.09. The Kier molecular flexibility index (Phi) is 5.05. The zero-order valence-corrected chi connectivity index (χ0v) is 14.2. The Hall–Kier alpha value is -2.34. The van der Waals surface area contributed by atoms with E-state index in [4.69, 9.17) is 16.1 Å². The van der Waals surface area contributed by atoms with Crippen molar-refractivity contribution in [2.75, 3.05) is 11.9 Å². The predicted octanol–water partition coefficient (Wildman–Crippen LogP) is 3.32. The van der Waals surface area contributed by atoms with Crippen molar-refractivity contribution >= 4 is 29.1 Å². The fraction of sp³-hybridized carbons (Fsp3) is 0.312. The van der Waals surface area contributed by atoms with Gasteiger partial charge in [0.05, 0.1) is 0 Å². The SMILES string of the molecule is CCNC(=O)c1noc(-c2cc(Cl)c(C)cc2C)c1NC(C)=O. The first kappa shape index (κ1) is 17.0. The topological polar surface area (TPSA) is 84.2 Å². The highest BCUT2D eigenvalue weighted by Gasteiger charge is 2.25. The number of carbonyl (C=O) groups excluding carboxylic acids is 2. The van der Waals surface area contributed by atoms with Gasteiger partial charge >= 0.3 is 0 Å². The van der Waals surface area contributed by atoms with Crippen LogP contribution in [0.15, 0.2) is 16.7 Å². The van der Waals surface area contributed by atoms with Gasteiger partial charge < -0.3 is 15.2 Å². The number of halogens is 1. The van der Waals surface area contributed by atoms with Crippen LogP contribution in [0.5, 0.6) is 0 Å². The van der Waals surface area contributed by atoms with Crippen molar-refractivity contribution in [2.45, 2.75) is 27.7 Å². The van der Waals surface area contributed by atoms with Gasteiger partial charge in [-0.15, -0.1) is 0 Å². The quantitative estimate of drug-likeness (QED) is 0.897. The molecule has 6 nitrogen and oxygen atoms in total. The van der Waals surface area contributed by atoms with E-state index in [1.165, 1.54) is 6.92 Å². The molecule has 2 amide bonds. The number of nitrogens with one attached hydrogen (secondary N) is 2. The zero-order chi connectivity index (χ0) is 17.1. The highest BCUT2D eigenvalue weighted by atomic mass is 35.5. The Morgan fingerprint density at radius 2 is 1.96 bits per heavy atom. The van der Waals surface area contributed by atoms with E-state index < -0.39 is 5.91 Å². The van der Waals surface area contributed by atoms with Crippen molar-refractivity contribution in [3.05, 3.63) is 34.0 Å². The highest BCUT2D eigenvalue weighted by Crippen LogP contribution is 2.36. The smallest absolute Gasteiger partial charge is 0.275 e. The Morgan fingerprint density at radius 3 is 2.57 bits per heavy atom. The molecule has 0 unspecified atom stereocenters. The fourth-order valence-corrected chi connectivity index (χ4v) is 2.40. The van der Waals surface area contributed by atoms with Gasteiger partial charge in [0.25, 0.3) is 5.91 Å². The number of nitrogens with zero attached hydrogens (tertiary/aromatic N) is 1. The minimum atomic E-state index is -0.415. The van der Waals surface area contributed by atoms with Crippen LogP contribution in [0.2, 0.25) is 5.02 Å². The Balaban J connectivity index is 2.61. The summed E-state index contributed by atoms with van der Waals surface area (Å²) in [6, 6.07) is 3.64. The minimum absolute atomic E-state index is 0.0353. The van der Waals surface area contributed by atoms with Crippen LogP contribution in [0.25, 0.3) is 11.3 Å². The monoisotopic (exact) mass is 335 g/mol. The predicted molar refractivity (Wildman–Crippen MR) is 88.7 cm³/mol. The number of rotatable bonds is 4. The second kappa shape index (κ2) is 6.83. The molecule has 0 bridgehead atoms. The molecular formula is C16H18ClN3O3. The minimum Gasteiger partial charge on any atom is -0.353 e. The molecule has 0 saturated heterocycles. The molecule has 0 saturated carbocycles. The van der Waals surface area contributed by atoms with Gasteiger partial charge in [-0.05, 0) is 38.0 Å². The summed E-state index contributed by atoms with van der Waals surface area (Å²) in [5.41, 5.74) is 2.78. The molecule has 0 aliphatic rings. The lowest BCUT2D eigenvalue weighted by atomic mass is 10.0. The van der Waals surface area contributed by atoms with Gasteiger partial charge in [0, 0.05) is 24.1 Å². The maximum Gasteiger partial charge on any atom is 0.275 e. The van der Waals surface area contributed by atoms with Crippen LogP contribution in [0, 0.1) is 13.8 Å². The summed E-state index contributed by atoms with van der Waals surface area (Å²) in [4.78, 5) is 23.6. The third-order valence-corrected chi connectivity index (χ3v) is 3.70. The summed E-state index contributed by atoms with van der Waals surface area (Å²) in [5, 5.41) is 9.64. The maximum absolute atomic E-state index is 12.1. The molecular weight excluding hydrogens is 318 g/mol. The molecule has 2 rings (SSSR count). The first-order valence-corrected chi connectivity index (χ1v) is 7.55. The molecule has 0 aliphatic heterocycles. The van der Waals surface area contributed by atoms with Gasteiger partial charge in [-0.1, -0.05) is 22.8 Å².